The molecule has 0 saturated heterocycles. The standard InChI is InChI=1S/C7H14OSi/c1-9(2,3)7-4-6(7)5-8/h5-7H,4H2,1-3H3/t6-,7+/m0/s1. The fourth-order valence-corrected chi connectivity index (χ4v) is 3.70. The van der Waals surface area contributed by atoms with Gasteiger partial charge in [0.1, 0.15) is 6.29 Å². The monoisotopic (exact) mass is 142 g/mol. The second kappa shape index (κ2) is 1.94. The molecule has 9 heavy (non-hydrogen) atoms. The van der Waals surface area contributed by atoms with E-state index in [2.05, 4.69) is 19.6 Å². The number of carbonyl (C=O) groups excluding carboxylic acids is 1. The zero-order valence-corrected chi connectivity index (χ0v) is 7.35. The molecule has 0 unspecified atom stereocenters. The summed E-state index contributed by atoms with van der Waals surface area (Å²) in [6.45, 7) is 7.00. The number of aldehydes is 1. The maximum atomic E-state index is 10.2. The van der Waals surface area contributed by atoms with Crippen molar-refractivity contribution in [3.8, 4) is 0 Å². The highest BCUT2D eigenvalue weighted by molar-refractivity contribution is 6.78. The van der Waals surface area contributed by atoms with Crippen molar-refractivity contribution >= 4 is 14.4 Å². The number of hydrogen-bond donors (Lipinski definition) is 0. The average molecular weight is 142 g/mol. The highest BCUT2D eigenvalue weighted by Crippen LogP contribution is 2.50. The summed E-state index contributed by atoms with van der Waals surface area (Å²) >= 11 is 0. The Morgan fingerprint density at radius 1 is 1.44 bits per heavy atom. The second-order valence-electron chi connectivity index (χ2n) is 4.01. The predicted octanol–water partition coefficient (Wildman–Crippen LogP) is 1.91. The summed E-state index contributed by atoms with van der Waals surface area (Å²) in [7, 11) is -0.939. The lowest BCUT2D eigenvalue weighted by atomic mass is 10.5. The van der Waals surface area contributed by atoms with Gasteiger partial charge in [-0.2, -0.15) is 0 Å². The first-order valence-corrected chi connectivity index (χ1v) is 7.08. The lowest BCUT2D eigenvalue weighted by Crippen LogP contribution is -2.20. The van der Waals surface area contributed by atoms with Crippen LogP contribution in [0.4, 0.5) is 0 Å². The Morgan fingerprint density at radius 2 is 2.00 bits per heavy atom. The molecule has 2 atom stereocenters. The van der Waals surface area contributed by atoms with E-state index in [1.54, 1.807) is 0 Å². The van der Waals surface area contributed by atoms with Crippen molar-refractivity contribution in [2.45, 2.75) is 31.6 Å². The van der Waals surface area contributed by atoms with E-state index in [0.29, 0.717) is 5.92 Å². The van der Waals surface area contributed by atoms with Crippen molar-refractivity contribution in [3.63, 3.8) is 0 Å². The van der Waals surface area contributed by atoms with Gasteiger partial charge in [-0.1, -0.05) is 19.6 Å². The van der Waals surface area contributed by atoms with E-state index >= 15 is 0 Å². The lowest BCUT2D eigenvalue weighted by Gasteiger charge is -2.13. The first-order valence-electron chi connectivity index (χ1n) is 3.51. The highest BCUT2D eigenvalue weighted by Gasteiger charge is 2.45. The van der Waals surface area contributed by atoms with Crippen LogP contribution in [0.3, 0.4) is 0 Å². The minimum Gasteiger partial charge on any atom is -0.303 e. The van der Waals surface area contributed by atoms with Crippen LogP contribution in [0, 0.1) is 5.92 Å². The van der Waals surface area contributed by atoms with Crippen molar-refractivity contribution in [1.82, 2.24) is 0 Å². The van der Waals surface area contributed by atoms with Crippen LogP contribution in [0.1, 0.15) is 6.42 Å². The molecule has 0 aliphatic heterocycles. The molecule has 0 N–H and O–H groups in total. The summed E-state index contributed by atoms with van der Waals surface area (Å²) in [4.78, 5) is 10.2. The van der Waals surface area contributed by atoms with Gasteiger partial charge in [0.2, 0.25) is 0 Å². The molecule has 1 aliphatic rings. The van der Waals surface area contributed by atoms with E-state index in [1.807, 2.05) is 0 Å². The van der Waals surface area contributed by atoms with Crippen LogP contribution in [-0.4, -0.2) is 14.4 Å². The third-order valence-electron chi connectivity index (χ3n) is 2.13. The molecule has 2 heteroatoms. The van der Waals surface area contributed by atoms with Crippen molar-refractivity contribution in [1.29, 1.82) is 0 Å². The fourth-order valence-electron chi connectivity index (χ4n) is 1.36. The van der Waals surface area contributed by atoms with Gasteiger partial charge in [0, 0.05) is 14.0 Å². The predicted molar refractivity (Wildman–Crippen MR) is 41.3 cm³/mol. The van der Waals surface area contributed by atoms with E-state index in [9.17, 15) is 4.79 Å². The van der Waals surface area contributed by atoms with Gasteiger partial charge in [0.25, 0.3) is 0 Å². The molecular formula is C7H14OSi. The van der Waals surface area contributed by atoms with Gasteiger partial charge < -0.3 is 4.79 Å². The molecule has 0 aromatic rings. The SMILES string of the molecule is C[Si](C)(C)[C@@H]1C[C@H]1C=O. The van der Waals surface area contributed by atoms with E-state index < -0.39 is 8.07 Å². The molecule has 1 nitrogen and oxygen atoms in total. The Labute approximate surface area is 57.5 Å². The maximum absolute atomic E-state index is 10.2. The van der Waals surface area contributed by atoms with E-state index in [-0.39, 0.29) is 0 Å². The average Bonchev–Trinajstić information content (AvgIpc) is 2.39. The van der Waals surface area contributed by atoms with Crippen molar-refractivity contribution in [2.24, 2.45) is 5.92 Å². The van der Waals surface area contributed by atoms with Crippen LogP contribution >= 0.6 is 0 Å². The number of carbonyl (C=O) groups is 1. The van der Waals surface area contributed by atoms with Gasteiger partial charge in [-0.25, -0.2) is 0 Å². The van der Waals surface area contributed by atoms with E-state index in [4.69, 9.17) is 0 Å². The Morgan fingerprint density at radius 3 is 2.11 bits per heavy atom. The molecule has 52 valence electrons. The second-order valence-corrected chi connectivity index (χ2v) is 9.48. The Kier molecular flexibility index (Phi) is 1.51. The van der Waals surface area contributed by atoms with Crippen molar-refractivity contribution in [2.75, 3.05) is 0 Å². The molecule has 1 aliphatic carbocycles. The zero-order valence-electron chi connectivity index (χ0n) is 6.35. The molecule has 1 saturated carbocycles. The third kappa shape index (κ3) is 1.42. The zero-order chi connectivity index (χ0) is 7.07. The molecule has 0 amide bonds. The largest absolute Gasteiger partial charge is 0.303 e. The highest BCUT2D eigenvalue weighted by atomic mass is 28.3. The summed E-state index contributed by atoms with van der Waals surface area (Å²) in [5.41, 5.74) is 0.801. The van der Waals surface area contributed by atoms with Gasteiger partial charge in [0.05, 0.1) is 0 Å². The first-order chi connectivity index (χ1) is 4.05. The van der Waals surface area contributed by atoms with Crippen molar-refractivity contribution < 1.29 is 4.79 Å². The van der Waals surface area contributed by atoms with E-state index in [0.717, 1.165) is 11.8 Å². The first kappa shape index (κ1) is 7.00. The molecule has 0 spiro atoms. The van der Waals surface area contributed by atoms with Crippen molar-refractivity contribution in [3.05, 3.63) is 0 Å². The minimum atomic E-state index is -0.939. The Balaban J connectivity index is 2.42. The van der Waals surface area contributed by atoms with Crippen LogP contribution in [0.5, 0.6) is 0 Å². The molecule has 0 aromatic carbocycles. The van der Waals surface area contributed by atoms with Crippen LogP contribution < -0.4 is 0 Å². The summed E-state index contributed by atoms with van der Waals surface area (Å²) < 4.78 is 0. The molecule has 1 fully saturated rings. The quantitative estimate of drug-likeness (QED) is 0.425. The molecule has 1 rings (SSSR count). The maximum Gasteiger partial charge on any atom is 0.123 e. The Bertz CT molecular complexity index is 125. The molecule has 0 bridgehead atoms. The van der Waals surface area contributed by atoms with E-state index in [1.165, 1.54) is 6.42 Å². The normalized spacial score (nSPS) is 34.1. The van der Waals surface area contributed by atoms with Crippen LogP contribution in [-0.2, 0) is 4.79 Å². The molecular weight excluding hydrogens is 128 g/mol. The summed E-state index contributed by atoms with van der Waals surface area (Å²) in [5.74, 6) is 0.441. The van der Waals surface area contributed by atoms with Gasteiger partial charge in [0.15, 0.2) is 0 Å². The Hall–Kier alpha value is -0.113. The summed E-state index contributed by atoms with van der Waals surface area (Å²) in [6.07, 6.45) is 2.31. The van der Waals surface area contributed by atoms with Crippen LogP contribution in [0.25, 0.3) is 0 Å². The molecule has 0 aromatic heterocycles. The summed E-state index contributed by atoms with van der Waals surface area (Å²) in [6, 6.07) is 0. The van der Waals surface area contributed by atoms with Crippen LogP contribution in [0.2, 0.25) is 25.2 Å². The van der Waals surface area contributed by atoms with Crippen LogP contribution in [0.15, 0.2) is 0 Å². The number of hydrogen-bond acceptors (Lipinski definition) is 1. The third-order valence-corrected chi connectivity index (χ3v) is 5.02. The van der Waals surface area contributed by atoms with Gasteiger partial charge >= 0.3 is 0 Å². The number of rotatable bonds is 2. The van der Waals surface area contributed by atoms with Gasteiger partial charge in [-0.15, -0.1) is 0 Å². The molecule has 0 heterocycles. The van der Waals surface area contributed by atoms with Gasteiger partial charge in [-0.05, 0) is 12.0 Å². The lowest BCUT2D eigenvalue weighted by molar-refractivity contribution is -0.108. The fraction of sp³-hybridized carbons (Fsp3) is 0.857. The molecule has 0 radical (unpaired) electrons. The topological polar surface area (TPSA) is 17.1 Å². The minimum absolute atomic E-state index is 0.441. The smallest absolute Gasteiger partial charge is 0.123 e. The van der Waals surface area contributed by atoms with Gasteiger partial charge in [-0.3, -0.25) is 0 Å². The summed E-state index contributed by atoms with van der Waals surface area (Å²) in [5, 5.41) is 0.